The minimum Gasteiger partial charge on any atom is -0.369 e. The molecule has 2 heterocycles. The average molecular weight is 471 g/mol. The van der Waals surface area contributed by atoms with Crippen molar-refractivity contribution < 1.29 is 4.79 Å². The first-order chi connectivity index (χ1) is 12.6. The first kappa shape index (κ1) is 17.1. The minimum absolute atomic E-state index is 0.412. The highest BCUT2D eigenvalue weighted by Crippen LogP contribution is 2.36. The zero-order chi connectivity index (χ0) is 18.3. The van der Waals surface area contributed by atoms with E-state index in [-0.39, 0.29) is 0 Å². The lowest BCUT2D eigenvalue weighted by Crippen LogP contribution is -2.23. The predicted molar refractivity (Wildman–Crippen MR) is 110 cm³/mol. The van der Waals surface area contributed by atoms with Crippen molar-refractivity contribution in [3.8, 4) is 0 Å². The van der Waals surface area contributed by atoms with E-state index in [2.05, 4.69) is 41.8 Å². The van der Waals surface area contributed by atoms with Crippen molar-refractivity contribution in [2.75, 3.05) is 0 Å². The Morgan fingerprint density at radius 2 is 1.23 bits per heavy atom. The van der Waals surface area contributed by atoms with Crippen molar-refractivity contribution in [1.82, 2.24) is 9.97 Å². The molecule has 0 atom stereocenters. The topological polar surface area (TPSA) is 68.9 Å². The number of pyridine rings is 2. The monoisotopic (exact) mass is 469 g/mol. The lowest BCUT2D eigenvalue weighted by molar-refractivity contribution is -0.118. The lowest BCUT2D eigenvalue weighted by atomic mass is 9.85. The van der Waals surface area contributed by atoms with E-state index >= 15 is 0 Å². The fourth-order valence-electron chi connectivity index (χ4n) is 3.34. The maximum absolute atomic E-state index is 12.5. The summed E-state index contributed by atoms with van der Waals surface area (Å²) >= 11 is 7.06. The molecule has 1 amide bonds. The molecule has 0 saturated heterocycles. The summed E-state index contributed by atoms with van der Waals surface area (Å²) in [6, 6.07) is 11.7. The van der Waals surface area contributed by atoms with Crippen LogP contribution in [0.3, 0.4) is 0 Å². The molecule has 6 heteroatoms. The third-order valence-corrected chi connectivity index (χ3v) is 5.75. The number of carbonyl (C=O) groups is 1. The maximum Gasteiger partial charge on any atom is 0.229 e. The standard InChI is InChI=1S/C20H13Br2N3O/c21-17-9-24-7-15-11(17)3-1-5-13(15)19(20(23)26)14-6-2-4-12-16(14)8-25-10-18(12)22/h1-10,19H,(H2,23,26). The Kier molecular flexibility index (Phi) is 4.46. The molecular weight excluding hydrogens is 458 g/mol. The Bertz CT molecular complexity index is 1080. The van der Waals surface area contributed by atoms with Crippen molar-refractivity contribution >= 4 is 59.3 Å². The second-order valence-corrected chi connectivity index (χ2v) is 7.67. The second kappa shape index (κ2) is 6.78. The SMILES string of the molecule is NC(=O)C(c1cccc2c(Br)cncc12)c1cccc2c(Br)cncc12. The van der Waals surface area contributed by atoms with Gasteiger partial charge in [0, 0.05) is 44.5 Å². The summed E-state index contributed by atoms with van der Waals surface area (Å²) in [5.41, 5.74) is 7.52. The molecule has 2 aromatic heterocycles. The molecule has 0 fully saturated rings. The summed E-state index contributed by atoms with van der Waals surface area (Å²) in [6.45, 7) is 0. The van der Waals surface area contributed by atoms with E-state index in [4.69, 9.17) is 5.73 Å². The van der Waals surface area contributed by atoms with Crippen molar-refractivity contribution in [1.29, 1.82) is 0 Å². The highest BCUT2D eigenvalue weighted by molar-refractivity contribution is 9.11. The number of hydrogen-bond acceptors (Lipinski definition) is 3. The van der Waals surface area contributed by atoms with Gasteiger partial charge in [-0.05, 0) is 53.8 Å². The summed E-state index contributed by atoms with van der Waals surface area (Å²) in [5, 5.41) is 3.77. The Morgan fingerprint density at radius 3 is 1.65 bits per heavy atom. The fourth-order valence-corrected chi connectivity index (χ4v) is 4.27. The van der Waals surface area contributed by atoms with Gasteiger partial charge < -0.3 is 5.73 Å². The van der Waals surface area contributed by atoms with Crippen LogP contribution in [0.1, 0.15) is 17.0 Å². The smallest absolute Gasteiger partial charge is 0.229 e. The van der Waals surface area contributed by atoms with Gasteiger partial charge in [-0.3, -0.25) is 14.8 Å². The van der Waals surface area contributed by atoms with Gasteiger partial charge in [0.05, 0.1) is 5.92 Å². The van der Waals surface area contributed by atoms with Gasteiger partial charge in [-0.15, -0.1) is 0 Å². The van der Waals surface area contributed by atoms with Crippen LogP contribution in [-0.4, -0.2) is 15.9 Å². The van der Waals surface area contributed by atoms with Crippen LogP contribution in [0.25, 0.3) is 21.5 Å². The van der Waals surface area contributed by atoms with Gasteiger partial charge >= 0.3 is 0 Å². The van der Waals surface area contributed by atoms with E-state index in [1.807, 2.05) is 36.4 Å². The number of halogens is 2. The van der Waals surface area contributed by atoms with Crippen LogP contribution in [0, 0.1) is 0 Å². The van der Waals surface area contributed by atoms with Crippen LogP contribution in [0.2, 0.25) is 0 Å². The highest BCUT2D eigenvalue weighted by atomic mass is 79.9. The van der Waals surface area contributed by atoms with E-state index in [0.717, 1.165) is 41.6 Å². The normalized spacial score (nSPS) is 11.3. The van der Waals surface area contributed by atoms with Gasteiger partial charge in [-0.2, -0.15) is 0 Å². The Hall–Kier alpha value is -2.31. The van der Waals surface area contributed by atoms with Crippen molar-refractivity contribution in [3.63, 3.8) is 0 Å². The predicted octanol–water partition coefficient (Wildman–Crippen LogP) is 4.93. The van der Waals surface area contributed by atoms with E-state index in [1.54, 1.807) is 24.8 Å². The van der Waals surface area contributed by atoms with Gasteiger partial charge in [0.25, 0.3) is 0 Å². The van der Waals surface area contributed by atoms with Crippen molar-refractivity contribution in [3.05, 3.63) is 81.3 Å². The summed E-state index contributed by atoms with van der Waals surface area (Å²) in [5.74, 6) is -1.01. The first-order valence-electron chi connectivity index (χ1n) is 7.91. The molecule has 4 rings (SSSR count). The molecule has 26 heavy (non-hydrogen) atoms. The maximum atomic E-state index is 12.5. The van der Waals surface area contributed by atoms with Crippen LogP contribution in [0.15, 0.2) is 70.1 Å². The number of benzene rings is 2. The number of amides is 1. The number of carbonyl (C=O) groups excluding carboxylic acids is 1. The Balaban J connectivity index is 2.05. The molecule has 2 aromatic carbocycles. The molecule has 0 aliphatic rings. The molecule has 0 aliphatic heterocycles. The van der Waals surface area contributed by atoms with Gasteiger partial charge in [0.2, 0.25) is 5.91 Å². The number of aromatic nitrogens is 2. The Morgan fingerprint density at radius 1 is 0.769 bits per heavy atom. The van der Waals surface area contributed by atoms with Crippen LogP contribution in [0.5, 0.6) is 0 Å². The van der Waals surface area contributed by atoms with Crippen LogP contribution in [-0.2, 0) is 4.79 Å². The first-order valence-corrected chi connectivity index (χ1v) is 9.50. The van der Waals surface area contributed by atoms with Gasteiger partial charge in [-0.25, -0.2) is 0 Å². The molecule has 4 aromatic rings. The number of hydrogen-bond donors (Lipinski definition) is 1. The van der Waals surface area contributed by atoms with Crippen LogP contribution in [0.4, 0.5) is 0 Å². The van der Waals surface area contributed by atoms with E-state index in [0.29, 0.717) is 0 Å². The summed E-state index contributed by atoms with van der Waals surface area (Å²) in [6.07, 6.45) is 7.02. The zero-order valence-corrected chi connectivity index (χ0v) is 16.7. The number of fused-ring (bicyclic) bond motifs is 2. The number of primary amides is 1. The van der Waals surface area contributed by atoms with Crippen molar-refractivity contribution in [2.24, 2.45) is 5.73 Å². The van der Waals surface area contributed by atoms with E-state index in [1.165, 1.54) is 0 Å². The van der Waals surface area contributed by atoms with Gasteiger partial charge in [-0.1, -0.05) is 36.4 Å². The number of nitrogens with two attached hydrogens (primary N) is 1. The average Bonchev–Trinajstić information content (AvgIpc) is 2.63. The highest BCUT2D eigenvalue weighted by Gasteiger charge is 2.25. The van der Waals surface area contributed by atoms with Crippen molar-refractivity contribution in [2.45, 2.75) is 5.92 Å². The zero-order valence-electron chi connectivity index (χ0n) is 13.5. The number of rotatable bonds is 3. The van der Waals surface area contributed by atoms with E-state index < -0.39 is 11.8 Å². The lowest BCUT2D eigenvalue weighted by Gasteiger charge is -2.19. The molecule has 4 nitrogen and oxygen atoms in total. The second-order valence-electron chi connectivity index (χ2n) is 5.96. The molecule has 0 spiro atoms. The molecule has 128 valence electrons. The fraction of sp³-hybridized carbons (Fsp3) is 0.0500. The molecule has 0 radical (unpaired) electrons. The van der Waals surface area contributed by atoms with Crippen LogP contribution >= 0.6 is 31.9 Å². The number of nitrogens with zero attached hydrogens (tertiary/aromatic N) is 2. The molecule has 0 aliphatic carbocycles. The largest absolute Gasteiger partial charge is 0.369 e. The molecule has 2 N–H and O–H groups in total. The van der Waals surface area contributed by atoms with Gasteiger partial charge in [0.15, 0.2) is 0 Å². The Labute approximate surface area is 166 Å². The molecule has 0 saturated carbocycles. The summed E-state index contributed by atoms with van der Waals surface area (Å²) in [7, 11) is 0. The minimum atomic E-state index is -0.602. The van der Waals surface area contributed by atoms with Gasteiger partial charge in [0.1, 0.15) is 0 Å². The van der Waals surface area contributed by atoms with Crippen LogP contribution < -0.4 is 5.73 Å². The third-order valence-electron chi connectivity index (χ3n) is 4.48. The molecule has 0 unspecified atom stereocenters. The van der Waals surface area contributed by atoms with E-state index in [9.17, 15) is 4.79 Å². The summed E-state index contributed by atoms with van der Waals surface area (Å²) < 4.78 is 1.75. The molecular formula is C20H13Br2N3O. The molecule has 0 bridgehead atoms. The third kappa shape index (κ3) is 2.79. The summed E-state index contributed by atoms with van der Waals surface area (Å²) in [4.78, 5) is 21.0. The quantitative estimate of drug-likeness (QED) is 0.461.